The lowest BCUT2D eigenvalue weighted by molar-refractivity contribution is -0.116. The van der Waals surface area contributed by atoms with E-state index in [4.69, 9.17) is 0 Å². The van der Waals surface area contributed by atoms with E-state index in [2.05, 4.69) is 20.4 Å². The molecule has 1 aliphatic rings. The molecule has 0 bridgehead atoms. The predicted molar refractivity (Wildman–Crippen MR) is 79.8 cm³/mol. The Labute approximate surface area is 122 Å². The van der Waals surface area contributed by atoms with E-state index in [1.54, 1.807) is 11.8 Å². The lowest BCUT2D eigenvalue weighted by Crippen LogP contribution is -2.21. The monoisotopic (exact) mass is 300 g/mol. The minimum Gasteiger partial charge on any atom is -0.303 e. The Balaban J connectivity index is 1.69. The van der Waals surface area contributed by atoms with Crippen molar-refractivity contribution >= 4 is 34.1 Å². The summed E-state index contributed by atoms with van der Waals surface area (Å²) < 4.78 is 0.936. The van der Waals surface area contributed by atoms with Gasteiger partial charge in [-0.1, -0.05) is 30.0 Å². The van der Waals surface area contributed by atoms with Gasteiger partial charge in [-0.3, -0.25) is 4.79 Å². The Bertz CT molecular complexity index is 404. The molecule has 7 heteroatoms. The number of nitrogens with zero attached hydrogens (tertiary/aromatic N) is 3. The zero-order valence-corrected chi connectivity index (χ0v) is 12.9. The minimum atomic E-state index is 0.0206. The molecule has 106 valence electrons. The number of amides is 1. The van der Waals surface area contributed by atoms with Crippen LogP contribution in [-0.2, 0) is 4.79 Å². The van der Waals surface area contributed by atoms with Crippen molar-refractivity contribution in [1.29, 1.82) is 0 Å². The second-order valence-corrected chi connectivity index (χ2v) is 6.89. The van der Waals surface area contributed by atoms with Gasteiger partial charge in [0.25, 0.3) is 0 Å². The highest BCUT2D eigenvalue weighted by Crippen LogP contribution is 2.25. The second kappa shape index (κ2) is 7.81. The van der Waals surface area contributed by atoms with Gasteiger partial charge < -0.3 is 10.2 Å². The number of carbonyl (C=O) groups is 1. The molecule has 1 aromatic rings. The van der Waals surface area contributed by atoms with Crippen LogP contribution in [0, 0.1) is 0 Å². The van der Waals surface area contributed by atoms with Gasteiger partial charge in [-0.05, 0) is 32.4 Å². The SMILES string of the molecule is CCCC(=O)Nc1nnc(SCCN2CCCC2)s1. The number of rotatable bonds is 7. The summed E-state index contributed by atoms with van der Waals surface area (Å²) in [6, 6.07) is 0. The van der Waals surface area contributed by atoms with Crippen molar-refractivity contribution in [3.63, 3.8) is 0 Å². The number of likely N-dealkylation sites (tertiary alicyclic amines) is 1. The summed E-state index contributed by atoms with van der Waals surface area (Å²) in [5, 5.41) is 11.5. The van der Waals surface area contributed by atoms with Crippen molar-refractivity contribution in [1.82, 2.24) is 15.1 Å². The lowest BCUT2D eigenvalue weighted by atomic mass is 10.3. The largest absolute Gasteiger partial charge is 0.303 e. The Hall–Kier alpha value is -0.660. The van der Waals surface area contributed by atoms with Crippen molar-refractivity contribution < 1.29 is 4.79 Å². The molecular formula is C12H20N4OS2. The van der Waals surface area contributed by atoms with E-state index >= 15 is 0 Å². The number of thioether (sulfide) groups is 1. The van der Waals surface area contributed by atoms with E-state index in [0.717, 1.165) is 23.1 Å². The summed E-state index contributed by atoms with van der Waals surface area (Å²) in [5.41, 5.74) is 0. The first-order chi connectivity index (χ1) is 9.28. The van der Waals surface area contributed by atoms with E-state index in [0.29, 0.717) is 11.6 Å². The lowest BCUT2D eigenvalue weighted by Gasteiger charge is -2.12. The molecule has 0 aromatic carbocycles. The molecule has 1 amide bonds. The zero-order chi connectivity index (χ0) is 13.5. The van der Waals surface area contributed by atoms with Gasteiger partial charge in [0.2, 0.25) is 11.0 Å². The van der Waals surface area contributed by atoms with Gasteiger partial charge >= 0.3 is 0 Å². The molecule has 1 saturated heterocycles. The highest BCUT2D eigenvalue weighted by Gasteiger charge is 2.12. The van der Waals surface area contributed by atoms with Crippen LogP contribution in [0.25, 0.3) is 0 Å². The first-order valence-corrected chi connectivity index (χ1v) is 8.56. The van der Waals surface area contributed by atoms with Crippen LogP contribution in [-0.4, -0.2) is 46.4 Å². The molecule has 0 unspecified atom stereocenters. The maximum absolute atomic E-state index is 11.4. The van der Waals surface area contributed by atoms with E-state index in [1.807, 2.05) is 6.92 Å². The molecule has 1 aromatic heterocycles. The van der Waals surface area contributed by atoms with Crippen molar-refractivity contribution in [2.45, 2.75) is 36.9 Å². The molecule has 19 heavy (non-hydrogen) atoms. The van der Waals surface area contributed by atoms with Crippen LogP contribution in [0.15, 0.2) is 4.34 Å². The Morgan fingerprint density at radius 2 is 2.21 bits per heavy atom. The number of hydrogen-bond donors (Lipinski definition) is 1. The quantitative estimate of drug-likeness (QED) is 0.619. The van der Waals surface area contributed by atoms with E-state index in [-0.39, 0.29) is 5.91 Å². The molecule has 5 nitrogen and oxygen atoms in total. The van der Waals surface area contributed by atoms with Gasteiger partial charge in [-0.25, -0.2) is 0 Å². The highest BCUT2D eigenvalue weighted by molar-refractivity contribution is 8.01. The molecule has 2 rings (SSSR count). The average Bonchev–Trinajstić information content (AvgIpc) is 3.01. The van der Waals surface area contributed by atoms with Crippen LogP contribution >= 0.6 is 23.1 Å². The Morgan fingerprint density at radius 3 is 2.95 bits per heavy atom. The van der Waals surface area contributed by atoms with Crippen molar-refractivity contribution in [3.05, 3.63) is 0 Å². The molecule has 0 radical (unpaired) electrons. The molecule has 0 spiro atoms. The molecular weight excluding hydrogens is 280 g/mol. The van der Waals surface area contributed by atoms with Gasteiger partial charge in [0.1, 0.15) is 0 Å². The molecule has 1 aliphatic heterocycles. The zero-order valence-electron chi connectivity index (χ0n) is 11.2. The first-order valence-electron chi connectivity index (χ1n) is 6.76. The number of anilines is 1. The molecule has 2 heterocycles. The van der Waals surface area contributed by atoms with Gasteiger partial charge in [0, 0.05) is 18.7 Å². The topological polar surface area (TPSA) is 58.1 Å². The summed E-state index contributed by atoms with van der Waals surface area (Å²) in [4.78, 5) is 13.9. The van der Waals surface area contributed by atoms with Gasteiger partial charge in [-0.2, -0.15) is 0 Å². The van der Waals surface area contributed by atoms with Crippen LogP contribution in [0.4, 0.5) is 5.13 Å². The molecule has 0 saturated carbocycles. The van der Waals surface area contributed by atoms with E-state index in [9.17, 15) is 4.79 Å². The van der Waals surface area contributed by atoms with E-state index in [1.165, 1.54) is 37.3 Å². The molecule has 0 atom stereocenters. The van der Waals surface area contributed by atoms with Gasteiger partial charge in [0.15, 0.2) is 4.34 Å². The number of hydrogen-bond acceptors (Lipinski definition) is 6. The fourth-order valence-corrected chi connectivity index (χ4v) is 3.83. The first kappa shape index (κ1) is 14.7. The fraction of sp³-hybridized carbons (Fsp3) is 0.750. The summed E-state index contributed by atoms with van der Waals surface area (Å²) in [7, 11) is 0. The van der Waals surface area contributed by atoms with Crippen molar-refractivity contribution in [2.75, 3.05) is 30.7 Å². The third-order valence-corrected chi connectivity index (χ3v) is 4.91. The standard InChI is InChI=1S/C12H20N4OS2/c1-2-5-10(17)13-11-14-15-12(19-11)18-9-8-16-6-3-4-7-16/h2-9H2,1H3,(H,13,14,17). The van der Waals surface area contributed by atoms with Crippen LogP contribution in [0.3, 0.4) is 0 Å². The number of nitrogens with one attached hydrogen (secondary N) is 1. The highest BCUT2D eigenvalue weighted by atomic mass is 32.2. The van der Waals surface area contributed by atoms with Crippen LogP contribution < -0.4 is 5.32 Å². The molecule has 0 aliphatic carbocycles. The minimum absolute atomic E-state index is 0.0206. The smallest absolute Gasteiger partial charge is 0.226 e. The van der Waals surface area contributed by atoms with E-state index < -0.39 is 0 Å². The summed E-state index contributed by atoms with van der Waals surface area (Å²) >= 11 is 3.18. The third kappa shape index (κ3) is 5.08. The van der Waals surface area contributed by atoms with Gasteiger partial charge in [0.05, 0.1) is 0 Å². The average molecular weight is 300 g/mol. The molecule has 1 fully saturated rings. The van der Waals surface area contributed by atoms with Crippen molar-refractivity contribution in [3.8, 4) is 0 Å². The third-order valence-electron chi connectivity index (χ3n) is 2.96. The number of aromatic nitrogens is 2. The normalized spacial score (nSPS) is 15.8. The summed E-state index contributed by atoms with van der Waals surface area (Å²) in [6.07, 6.45) is 4.05. The fourth-order valence-electron chi connectivity index (χ4n) is 2.00. The second-order valence-electron chi connectivity index (χ2n) is 4.57. The Kier molecular flexibility index (Phi) is 6.06. The summed E-state index contributed by atoms with van der Waals surface area (Å²) in [5.74, 6) is 1.06. The number of carbonyl (C=O) groups excluding carboxylic acids is 1. The van der Waals surface area contributed by atoms with Crippen LogP contribution in [0.1, 0.15) is 32.6 Å². The maximum Gasteiger partial charge on any atom is 0.226 e. The Morgan fingerprint density at radius 1 is 1.42 bits per heavy atom. The van der Waals surface area contributed by atoms with Crippen LogP contribution in [0.2, 0.25) is 0 Å². The molecule has 1 N–H and O–H groups in total. The maximum atomic E-state index is 11.4. The summed E-state index contributed by atoms with van der Waals surface area (Å²) in [6.45, 7) is 5.56. The predicted octanol–water partition coefficient (Wildman–Crippen LogP) is 2.46. The van der Waals surface area contributed by atoms with Gasteiger partial charge in [-0.15, -0.1) is 10.2 Å². The van der Waals surface area contributed by atoms with Crippen molar-refractivity contribution in [2.24, 2.45) is 0 Å². The van der Waals surface area contributed by atoms with Crippen LogP contribution in [0.5, 0.6) is 0 Å².